The first-order chi connectivity index (χ1) is 7.54. The molecule has 1 N–H and O–H groups in total. The summed E-state index contributed by atoms with van der Waals surface area (Å²) in [6.07, 6.45) is 1.33. The zero-order chi connectivity index (χ0) is 12.1. The molecule has 0 radical (unpaired) electrons. The van der Waals surface area contributed by atoms with E-state index in [1.807, 2.05) is 0 Å². The smallest absolute Gasteiger partial charge is 0.323 e. The number of carboxylic acids is 1. The van der Waals surface area contributed by atoms with Crippen molar-refractivity contribution in [2.24, 2.45) is 0 Å². The number of carbonyl (C=O) groups is 2. The number of hydrogen-bond acceptors (Lipinski definition) is 3. The van der Waals surface area contributed by atoms with Gasteiger partial charge in [-0.1, -0.05) is 11.6 Å². The van der Waals surface area contributed by atoms with Crippen molar-refractivity contribution in [3.63, 3.8) is 0 Å². The molecule has 0 bridgehead atoms. The van der Waals surface area contributed by atoms with Crippen molar-refractivity contribution in [2.45, 2.75) is 6.92 Å². The highest BCUT2D eigenvalue weighted by Gasteiger charge is 2.16. The van der Waals surface area contributed by atoms with Gasteiger partial charge in [0.05, 0.1) is 5.56 Å². The fourth-order valence-electron chi connectivity index (χ4n) is 1.18. The molecule has 6 heteroatoms. The van der Waals surface area contributed by atoms with Gasteiger partial charge in [0.1, 0.15) is 11.7 Å². The molecule has 1 heterocycles. The maximum Gasteiger partial charge on any atom is 0.323 e. The molecule has 0 unspecified atom stereocenters. The molecule has 1 aromatic rings. The quantitative estimate of drug-likeness (QED) is 0.808. The van der Waals surface area contributed by atoms with Gasteiger partial charge in [-0.05, 0) is 19.1 Å². The molecule has 0 aliphatic rings. The summed E-state index contributed by atoms with van der Waals surface area (Å²) in [5.74, 6) is -1.41. The van der Waals surface area contributed by atoms with Gasteiger partial charge in [-0.25, -0.2) is 4.98 Å². The molecule has 0 saturated carbocycles. The molecule has 16 heavy (non-hydrogen) atoms. The van der Waals surface area contributed by atoms with Gasteiger partial charge in [0.15, 0.2) is 0 Å². The number of nitrogens with zero attached hydrogens (tertiary/aromatic N) is 2. The molecule has 0 saturated heterocycles. The van der Waals surface area contributed by atoms with Crippen LogP contribution in [-0.4, -0.2) is 40.0 Å². The Kier molecular flexibility index (Phi) is 4.25. The lowest BCUT2D eigenvalue weighted by molar-refractivity contribution is -0.137. The summed E-state index contributed by atoms with van der Waals surface area (Å²) in [6, 6.07) is 3.01. The predicted octanol–water partition coefficient (Wildman–Crippen LogP) is 1.28. The first kappa shape index (κ1) is 12.4. The van der Waals surface area contributed by atoms with E-state index in [9.17, 15) is 9.59 Å². The summed E-state index contributed by atoms with van der Waals surface area (Å²) < 4.78 is 0. The van der Waals surface area contributed by atoms with E-state index in [1.54, 1.807) is 6.92 Å². The summed E-state index contributed by atoms with van der Waals surface area (Å²) in [6.45, 7) is 1.72. The van der Waals surface area contributed by atoms with Crippen LogP contribution in [0.4, 0.5) is 0 Å². The van der Waals surface area contributed by atoms with E-state index in [4.69, 9.17) is 16.7 Å². The number of carboxylic acid groups (broad SMARTS) is 1. The van der Waals surface area contributed by atoms with Crippen molar-refractivity contribution >= 4 is 23.5 Å². The van der Waals surface area contributed by atoms with Crippen LogP contribution >= 0.6 is 11.6 Å². The average molecular weight is 243 g/mol. The van der Waals surface area contributed by atoms with Gasteiger partial charge in [0, 0.05) is 12.7 Å². The van der Waals surface area contributed by atoms with Crippen LogP contribution in [0.3, 0.4) is 0 Å². The Balaban J connectivity index is 2.82. The molecule has 5 nitrogen and oxygen atoms in total. The third-order valence-electron chi connectivity index (χ3n) is 1.97. The lowest BCUT2D eigenvalue weighted by Gasteiger charge is -2.18. The second kappa shape index (κ2) is 5.46. The van der Waals surface area contributed by atoms with Gasteiger partial charge in [-0.15, -0.1) is 0 Å². The van der Waals surface area contributed by atoms with E-state index >= 15 is 0 Å². The van der Waals surface area contributed by atoms with Crippen LogP contribution in [0.2, 0.25) is 5.15 Å². The Morgan fingerprint density at radius 1 is 1.50 bits per heavy atom. The highest BCUT2D eigenvalue weighted by Crippen LogP contribution is 2.08. The molecule has 86 valence electrons. The fraction of sp³-hybridized carbons (Fsp3) is 0.300. The Hall–Kier alpha value is -1.62. The molecule has 0 aromatic carbocycles. The van der Waals surface area contributed by atoms with Crippen LogP contribution in [0.1, 0.15) is 17.3 Å². The van der Waals surface area contributed by atoms with Gasteiger partial charge in [0.2, 0.25) is 0 Å². The Morgan fingerprint density at radius 2 is 2.19 bits per heavy atom. The van der Waals surface area contributed by atoms with Crippen molar-refractivity contribution in [1.82, 2.24) is 9.88 Å². The highest BCUT2D eigenvalue weighted by atomic mass is 35.5. The van der Waals surface area contributed by atoms with Crippen LogP contribution in [0.5, 0.6) is 0 Å². The zero-order valence-corrected chi connectivity index (χ0v) is 9.44. The van der Waals surface area contributed by atoms with Crippen molar-refractivity contribution < 1.29 is 14.7 Å². The molecule has 0 atom stereocenters. The van der Waals surface area contributed by atoms with E-state index in [-0.39, 0.29) is 17.6 Å². The van der Waals surface area contributed by atoms with E-state index in [0.717, 1.165) is 0 Å². The van der Waals surface area contributed by atoms with Crippen LogP contribution in [0, 0.1) is 0 Å². The lowest BCUT2D eigenvalue weighted by atomic mass is 10.2. The Morgan fingerprint density at radius 3 is 2.62 bits per heavy atom. The topological polar surface area (TPSA) is 70.5 Å². The number of pyridine rings is 1. The maximum absolute atomic E-state index is 11.8. The third-order valence-corrected chi connectivity index (χ3v) is 2.19. The van der Waals surface area contributed by atoms with Gasteiger partial charge < -0.3 is 10.0 Å². The average Bonchev–Trinajstić information content (AvgIpc) is 2.25. The minimum atomic E-state index is -1.04. The number of rotatable bonds is 4. The maximum atomic E-state index is 11.8. The number of amides is 1. The second-order valence-corrected chi connectivity index (χ2v) is 3.47. The normalized spacial score (nSPS) is 9.88. The monoisotopic (exact) mass is 242 g/mol. The highest BCUT2D eigenvalue weighted by molar-refractivity contribution is 6.29. The van der Waals surface area contributed by atoms with E-state index < -0.39 is 5.97 Å². The van der Waals surface area contributed by atoms with E-state index in [2.05, 4.69) is 4.98 Å². The third kappa shape index (κ3) is 3.20. The van der Waals surface area contributed by atoms with Crippen molar-refractivity contribution in [3.05, 3.63) is 29.0 Å². The van der Waals surface area contributed by atoms with E-state index in [0.29, 0.717) is 12.1 Å². The molecule has 0 aliphatic heterocycles. The van der Waals surface area contributed by atoms with Gasteiger partial charge in [-0.2, -0.15) is 0 Å². The summed E-state index contributed by atoms with van der Waals surface area (Å²) >= 11 is 5.58. The standard InChI is InChI=1S/C10H11ClN2O3/c1-2-13(6-9(14)15)10(16)7-3-4-8(11)12-5-7/h3-5H,2,6H2,1H3,(H,14,15). The summed E-state index contributed by atoms with van der Waals surface area (Å²) in [4.78, 5) is 27.3. The Bertz CT molecular complexity index is 392. The molecule has 1 rings (SSSR count). The molecule has 0 fully saturated rings. The first-order valence-corrected chi connectivity index (χ1v) is 5.05. The zero-order valence-electron chi connectivity index (χ0n) is 8.68. The molecule has 1 aromatic heterocycles. The van der Waals surface area contributed by atoms with Gasteiger partial charge >= 0.3 is 5.97 Å². The van der Waals surface area contributed by atoms with Crippen LogP contribution in [0.15, 0.2) is 18.3 Å². The number of aromatic nitrogens is 1. The summed E-state index contributed by atoms with van der Waals surface area (Å²) in [7, 11) is 0. The van der Waals surface area contributed by atoms with Crippen molar-refractivity contribution in [2.75, 3.05) is 13.1 Å². The Labute approximate surface area is 97.7 Å². The minimum absolute atomic E-state index is 0.290. The van der Waals surface area contributed by atoms with Crippen LogP contribution in [0.25, 0.3) is 0 Å². The first-order valence-electron chi connectivity index (χ1n) is 4.67. The SMILES string of the molecule is CCN(CC(=O)O)C(=O)c1ccc(Cl)nc1. The van der Waals surface area contributed by atoms with Gasteiger partial charge in [-0.3, -0.25) is 9.59 Å². The fourth-order valence-corrected chi connectivity index (χ4v) is 1.29. The number of hydrogen-bond donors (Lipinski definition) is 1. The van der Waals surface area contributed by atoms with Gasteiger partial charge in [0.25, 0.3) is 5.91 Å². The number of aliphatic carboxylic acids is 1. The molecule has 0 spiro atoms. The van der Waals surface area contributed by atoms with Crippen molar-refractivity contribution in [1.29, 1.82) is 0 Å². The molecule has 1 amide bonds. The molecular weight excluding hydrogens is 232 g/mol. The van der Waals surface area contributed by atoms with E-state index in [1.165, 1.54) is 23.2 Å². The van der Waals surface area contributed by atoms with Crippen molar-refractivity contribution in [3.8, 4) is 0 Å². The predicted molar refractivity (Wildman–Crippen MR) is 58.5 cm³/mol. The molecule has 0 aliphatic carbocycles. The molecular formula is C10H11ClN2O3. The number of carbonyl (C=O) groups excluding carboxylic acids is 1. The number of likely N-dealkylation sites (N-methyl/N-ethyl adjacent to an activating group) is 1. The van der Waals surface area contributed by atoms with Crippen LogP contribution in [-0.2, 0) is 4.79 Å². The van der Waals surface area contributed by atoms with Crippen LogP contribution < -0.4 is 0 Å². The second-order valence-electron chi connectivity index (χ2n) is 3.08. The lowest BCUT2D eigenvalue weighted by Crippen LogP contribution is -2.35. The minimum Gasteiger partial charge on any atom is -0.480 e. The summed E-state index contributed by atoms with van der Waals surface area (Å²) in [5.41, 5.74) is 0.326. The number of halogens is 1. The summed E-state index contributed by atoms with van der Waals surface area (Å²) in [5, 5.41) is 8.91. The largest absolute Gasteiger partial charge is 0.480 e.